The molecular formula is C16H17FN3O5-. The van der Waals surface area contributed by atoms with Crippen molar-refractivity contribution in [1.82, 2.24) is 10.6 Å². The number of carboxylic acids is 1. The molecule has 0 aromatic heterocycles. The Morgan fingerprint density at radius 3 is 2.56 bits per heavy atom. The van der Waals surface area contributed by atoms with Crippen LogP contribution in [0, 0.1) is 11.7 Å². The van der Waals surface area contributed by atoms with Gasteiger partial charge in [0.2, 0.25) is 17.7 Å². The van der Waals surface area contributed by atoms with Gasteiger partial charge >= 0.3 is 0 Å². The van der Waals surface area contributed by atoms with E-state index in [1.54, 1.807) is 0 Å². The highest BCUT2D eigenvalue weighted by Crippen LogP contribution is 2.25. The highest BCUT2D eigenvalue weighted by Gasteiger charge is 2.36. The van der Waals surface area contributed by atoms with Crippen molar-refractivity contribution in [3.8, 4) is 0 Å². The number of hydrogen-bond donors (Lipinski definition) is 2. The van der Waals surface area contributed by atoms with Crippen LogP contribution in [0.5, 0.6) is 0 Å². The van der Waals surface area contributed by atoms with Gasteiger partial charge in [0.1, 0.15) is 11.9 Å². The summed E-state index contributed by atoms with van der Waals surface area (Å²) in [6.45, 7) is 0.861. The monoisotopic (exact) mass is 350 g/mol. The Morgan fingerprint density at radius 2 is 1.96 bits per heavy atom. The van der Waals surface area contributed by atoms with Crippen LogP contribution in [-0.2, 0) is 19.2 Å². The smallest absolute Gasteiger partial charge is 0.242 e. The summed E-state index contributed by atoms with van der Waals surface area (Å²) in [5.41, 5.74) is 0.487. The fourth-order valence-electron chi connectivity index (χ4n) is 2.46. The molecule has 8 nitrogen and oxygen atoms in total. The SMILES string of the molecule is C[C@H](NC(=O)[C@H]1CC(=O)N(c2ccc(F)cc2)C1)C(=O)NCC(=O)[O-]. The van der Waals surface area contributed by atoms with Crippen molar-refractivity contribution < 1.29 is 28.7 Å². The van der Waals surface area contributed by atoms with Gasteiger partial charge in [-0.3, -0.25) is 14.4 Å². The van der Waals surface area contributed by atoms with Crippen LogP contribution in [0.3, 0.4) is 0 Å². The Labute approximate surface area is 143 Å². The molecule has 0 unspecified atom stereocenters. The van der Waals surface area contributed by atoms with Crippen LogP contribution < -0.4 is 20.6 Å². The largest absolute Gasteiger partial charge is 0.548 e. The number of carboxylic acid groups (broad SMARTS) is 1. The van der Waals surface area contributed by atoms with Gasteiger partial charge < -0.3 is 25.4 Å². The number of carbonyl (C=O) groups is 4. The predicted octanol–water partition coefficient (Wildman–Crippen LogP) is -1.45. The van der Waals surface area contributed by atoms with Gasteiger partial charge in [0.15, 0.2) is 0 Å². The summed E-state index contributed by atoms with van der Waals surface area (Å²) in [5, 5.41) is 14.8. The van der Waals surface area contributed by atoms with Crippen molar-refractivity contribution >= 4 is 29.4 Å². The summed E-state index contributed by atoms with van der Waals surface area (Å²) in [6.07, 6.45) is -0.0312. The van der Waals surface area contributed by atoms with Gasteiger partial charge in [-0.25, -0.2) is 4.39 Å². The Hall–Kier alpha value is -2.97. The van der Waals surface area contributed by atoms with E-state index >= 15 is 0 Å². The molecule has 1 aromatic carbocycles. The molecule has 1 aliphatic heterocycles. The third-order valence-electron chi connectivity index (χ3n) is 3.79. The van der Waals surface area contributed by atoms with Crippen LogP contribution >= 0.6 is 0 Å². The van der Waals surface area contributed by atoms with Crippen molar-refractivity contribution in [1.29, 1.82) is 0 Å². The lowest BCUT2D eigenvalue weighted by Gasteiger charge is -2.18. The maximum atomic E-state index is 13.0. The number of hydrogen-bond acceptors (Lipinski definition) is 5. The van der Waals surface area contributed by atoms with E-state index in [9.17, 15) is 28.7 Å². The maximum absolute atomic E-state index is 13.0. The first kappa shape index (κ1) is 18.4. The summed E-state index contributed by atoms with van der Waals surface area (Å²) >= 11 is 0. The predicted molar refractivity (Wildman–Crippen MR) is 82.5 cm³/mol. The first-order valence-corrected chi connectivity index (χ1v) is 7.61. The number of carbonyl (C=O) groups excluding carboxylic acids is 4. The third kappa shape index (κ3) is 4.75. The molecule has 2 N–H and O–H groups in total. The summed E-state index contributed by atoms with van der Waals surface area (Å²) < 4.78 is 13.0. The van der Waals surface area contributed by atoms with Gasteiger partial charge in [0, 0.05) is 18.7 Å². The number of halogens is 1. The van der Waals surface area contributed by atoms with Gasteiger partial charge in [-0.1, -0.05) is 0 Å². The minimum absolute atomic E-state index is 0.0312. The van der Waals surface area contributed by atoms with Crippen LogP contribution in [0.4, 0.5) is 10.1 Å². The summed E-state index contributed by atoms with van der Waals surface area (Å²) in [7, 11) is 0. The second-order valence-corrected chi connectivity index (χ2v) is 5.70. The number of nitrogens with one attached hydrogen (secondary N) is 2. The van der Waals surface area contributed by atoms with Gasteiger partial charge in [-0.05, 0) is 31.2 Å². The molecule has 3 amide bonds. The minimum atomic E-state index is -1.44. The standard InChI is InChI=1S/C16H18FN3O5/c1-9(15(24)18-7-14(22)23)19-16(25)10-6-13(21)20(8-10)12-4-2-11(17)3-5-12/h2-5,9-10H,6-8H2,1H3,(H,18,24)(H,19,25)(H,22,23)/p-1/t9-,10-/m0/s1. The second-order valence-electron chi connectivity index (χ2n) is 5.70. The quantitative estimate of drug-likeness (QED) is 0.651. The first-order chi connectivity index (χ1) is 11.8. The number of amides is 3. The average Bonchev–Trinajstić information content (AvgIpc) is 2.95. The molecule has 134 valence electrons. The molecule has 1 fully saturated rings. The molecule has 0 saturated carbocycles. The molecule has 2 rings (SSSR count). The van der Waals surface area contributed by atoms with Crippen molar-refractivity contribution in [3.05, 3.63) is 30.1 Å². The van der Waals surface area contributed by atoms with E-state index in [0.717, 1.165) is 0 Å². The number of anilines is 1. The van der Waals surface area contributed by atoms with E-state index in [4.69, 9.17) is 0 Å². The van der Waals surface area contributed by atoms with Crippen molar-refractivity contribution in [2.45, 2.75) is 19.4 Å². The molecule has 0 bridgehead atoms. The fraction of sp³-hybridized carbons (Fsp3) is 0.375. The summed E-state index contributed by atoms with van der Waals surface area (Å²) in [4.78, 5) is 47.6. The van der Waals surface area contributed by atoms with Crippen LogP contribution in [0.1, 0.15) is 13.3 Å². The Morgan fingerprint density at radius 1 is 1.32 bits per heavy atom. The molecule has 1 aromatic rings. The van der Waals surface area contributed by atoms with Crippen molar-refractivity contribution in [2.24, 2.45) is 5.92 Å². The molecule has 1 aliphatic rings. The third-order valence-corrected chi connectivity index (χ3v) is 3.79. The first-order valence-electron chi connectivity index (χ1n) is 7.61. The number of aliphatic carboxylic acids is 1. The van der Waals surface area contributed by atoms with Gasteiger partial charge in [0.25, 0.3) is 0 Å². The van der Waals surface area contributed by atoms with E-state index in [1.807, 2.05) is 0 Å². The second kappa shape index (κ2) is 7.73. The zero-order chi connectivity index (χ0) is 18.6. The molecule has 1 saturated heterocycles. The van der Waals surface area contributed by atoms with Crippen molar-refractivity contribution in [2.75, 3.05) is 18.0 Å². The minimum Gasteiger partial charge on any atom is -0.548 e. The van der Waals surface area contributed by atoms with Gasteiger partial charge in [-0.15, -0.1) is 0 Å². The van der Waals surface area contributed by atoms with Gasteiger partial charge in [-0.2, -0.15) is 0 Å². The fourth-order valence-corrected chi connectivity index (χ4v) is 2.46. The molecule has 0 aliphatic carbocycles. The lowest BCUT2D eigenvalue weighted by Crippen LogP contribution is -2.49. The normalized spacial score (nSPS) is 17.9. The summed E-state index contributed by atoms with van der Waals surface area (Å²) in [6, 6.07) is 4.38. The Kier molecular flexibility index (Phi) is 5.68. The van der Waals surface area contributed by atoms with Crippen LogP contribution in [0.15, 0.2) is 24.3 Å². The van der Waals surface area contributed by atoms with E-state index in [2.05, 4.69) is 10.6 Å². The maximum Gasteiger partial charge on any atom is 0.242 e. The zero-order valence-corrected chi connectivity index (χ0v) is 13.5. The van der Waals surface area contributed by atoms with Crippen LogP contribution in [-0.4, -0.2) is 42.8 Å². The molecular weight excluding hydrogens is 333 g/mol. The van der Waals surface area contributed by atoms with Crippen LogP contribution in [0.2, 0.25) is 0 Å². The highest BCUT2D eigenvalue weighted by molar-refractivity contribution is 6.01. The number of nitrogens with zero attached hydrogens (tertiary/aromatic N) is 1. The molecule has 0 radical (unpaired) electrons. The molecule has 0 spiro atoms. The van der Waals surface area contributed by atoms with Crippen LogP contribution in [0.25, 0.3) is 0 Å². The number of benzene rings is 1. The molecule has 1 heterocycles. The number of rotatable bonds is 6. The van der Waals surface area contributed by atoms with E-state index in [-0.39, 0.29) is 18.9 Å². The Balaban J connectivity index is 1.92. The molecule has 9 heteroatoms. The lowest BCUT2D eigenvalue weighted by atomic mass is 10.1. The molecule has 2 atom stereocenters. The molecule has 25 heavy (non-hydrogen) atoms. The lowest BCUT2D eigenvalue weighted by molar-refractivity contribution is -0.304. The van der Waals surface area contributed by atoms with E-state index in [1.165, 1.54) is 36.1 Å². The van der Waals surface area contributed by atoms with Crippen molar-refractivity contribution in [3.63, 3.8) is 0 Å². The van der Waals surface area contributed by atoms with Gasteiger partial charge in [0.05, 0.1) is 18.4 Å². The van der Waals surface area contributed by atoms with E-state index in [0.29, 0.717) is 5.69 Å². The average molecular weight is 350 g/mol. The zero-order valence-electron chi connectivity index (χ0n) is 13.5. The topological polar surface area (TPSA) is 119 Å². The summed E-state index contributed by atoms with van der Waals surface area (Å²) in [5.74, 6) is -3.97. The Bertz CT molecular complexity index is 692. The highest BCUT2D eigenvalue weighted by atomic mass is 19.1. The van der Waals surface area contributed by atoms with E-state index < -0.39 is 42.1 Å².